The zero-order chi connectivity index (χ0) is 16.4. The van der Waals surface area contributed by atoms with Gasteiger partial charge in [-0.1, -0.05) is 24.3 Å². The van der Waals surface area contributed by atoms with Crippen molar-refractivity contribution in [3.8, 4) is 0 Å². The summed E-state index contributed by atoms with van der Waals surface area (Å²) in [6, 6.07) is 6.06. The van der Waals surface area contributed by atoms with Crippen molar-refractivity contribution >= 4 is 38.5 Å². The van der Waals surface area contributed by atoms with Gasteiger partial charge >= 0.3 is 0 Å². The highest BCUT2D eigenvalue weighted by molar-refractivity contribution is 7.22. The summed E-state index contributed by atoms with van der Waals surface area (Å²) in [6.07, 6.45) is 2.19. The first-order valence-electron chi connectivity index (χ1n) is 8.02. The smallest absolute Gasteiger partial charge is 0.231 e. The summed E-state index contributed by atoms with van der Waals surface area (Å²) in [5.74, 6) is -0.0552. The Bertz CT molecular complexity index is 741. The molecule has 2 aromatic rings. The van der Waals surface area contributed by atoms with Crippen LogP contribution in [0.25, 0.3) is 10.2 Å². The Balaban J connectivity index is 1.68. The van der Waals surface area contributed by atoms with Gasteiger partial charge in [0.15, 0.2) is 5.13 Å². The molecule has 0 radical (unpaired) electrons. The number of aromatic nitrogens is 1. The lowest BCUT2D eigenvalue weighted by atomic mass is 9.97. The molecule has 0 unspecified atom stereocenters. The normalized spacial score (nSPS) is 18.2. The molecule has 1 fully saturated rings. The Morgan fingerprint density at radius 2 is 2.26 bits per heavy atom. The molecule has 2 heterocycles. The van der Waals surface area contributed by atoms with Gasteiger partial charge in [-0.15, -0.1) is 0 Å². The number of nitrogens with one attached hydrogen (secondary N) is 1. The zero-order valence-electron chi connectivity index (χ0n) is 13.5. The van der Waals surface area contributed by atoms with E-state index < -0.39 is 0 Å². The number of anilines is 1. The number of hydrogen-bond donors (Lipinski definition) is 1. The van der Waals surface area contributed by atoms with Gasteiger partial charge in [-0.05, 0) is 37.5 Å². The number of hydrogen-bond acceptors (Lipinski definition) is 4. The van der Waals surface area contributed by atoms with Gasteiger partial charge in [0.1, 0.15) is 0 Å². The summed E-state index contributed by atoms with van der Waals surface area (Å²) >= 11 is 1.49. The molecule has 5 nitrogen and oxygen atoms in total. The number of nitrogens with zero attached hydrogens (tertiary/aromatic N) is 2. The maximum atomic E-state index is 12.5. The molecule has 1 aromatic carbocycles. The highest BCUT2D eigenvalue weighted by atomic mass is 32.1. The summed E-state index contributed by atoms with van der Waals surface area (Å²) in [6.45, 7) is 5.17. The highest BCUT2D eigenvalue weighted by Gasteiger charge is 2.28. The minimum absolute atomic E-state index is 0.0330. The molecular weight excluding hydrogens is 310 g/mol. The fraction of sp³-hybridized carbons (Fsp3) is 0.471. The Morgan fingerprint density at radius 3 is 3.04 bits per heavy atom. The second-order valence-electron chi connectivity index (χ2n) is 6.01. The monoisotopic (exact) mass is 331 g/mol. The van der Waals surface area contributed by atoms with Crippen LogP contribution in [-0.4, -0.2) is 34.8 Å². The van der Waals surface area contributed by atoms with Crippen molar-refractivity contribution in [2.75, 3.05) is 18.4 Å². The molecule has 23 heavy (non-hydrogen) atoms. The van der Waals surface area contributed by atoms with E-state index in [9.17, 15) is 9.59 Å². The highest BCUT2D eigenvalue weighted by Crippen LogP contribution is 2.27. The van der Waals surface area contributed by atoms with Crippen LogP contribution in [-0.2, 0) is 9.59 Å². The summed E-state index contributed by atoms with van der Waals surface area (Å²) in [5, 5.41) is 3.56. The summed E-state index contributed by atoms with van der Waals surface area (Å²) in [5.41, 5.74) is 2.09. The maximum Gasteiger partial charge on any atom is 0.231 e. The first-order valence-corrected chi connectivity index (χ1v) is 8.84. The molecule has 1 atom stereocenters. The van der Waals surface area contributed by atoms with Crippen LogP contribution in [0, 0.1) is 12.8 Å². The number of thiazole rings is 1. The fourth-order valence-corrected chi connectivity index (χ4v) is 3.90. The van der Waals surface area contributed by atoms with Crippen molar-refractivity contribution in [2.45, 2.75) is 33.1 Å². The van der Waals surface area contributed by atoms with E-state index in [2.05, 4.69) is 16.4 Å². The number of amides is 2. The molecule has 3 rings (SSSR count). The van der Waals surface area contributed by atoms with E-state index in [0.717, 1.165) is 29.6 Å². The van der Waals surface area contributed by atoms with Gasteiger partial charge < -0.3 is 10.2 Å². The average molecular weight is 331 g/mol. The van der Waals surface area contributed by atoms with Crippen LogP contribution in [0.5, 0.6) is 0 Å². The second-order valence-corrected chi connectivity index (χ2v) is 7.04. The number of carbonyl (C=O) groups is 2. The Morgan fingerprint density at radius 1 is 1.43 bits per heavy atom. The molecule has 122 valence electrons. The van der Waals surface area contributed by atoms with E-state index in [1.807, 2.05) is 26.0 Å². The van der Waals surface area contributed by atoms with Gasteiger partial charge in [0.2, 0.25) is 11.8 Å². The molecule has 0 aliphatic carbocycles. The number of aryl methyl sites for hydroxylation is 1. The molecule has 1 saturated heterocycles. The summed E-state index contributed by atoms with van der Waals surface area (Å²) < 4.78 is 1.08. The predicted octanol–water partition coefficient (Wildman–Crippen LogP) is 3.19. The Kier molecular flexibility index (Phi) is 4.61. The lowest BCUT2D eigenvalue weighted by Gasteiger charge is -2.31. The fourth-order valence-electron chi connectivity index (χ4n) is 2.93. The summed E-state index contributed by atoms with van der Waals surface area (Å²) in [4.78, 5) is 30.6. The van der Waals surface area contributed by atoms with Crippen LogP contribution < -0.4 is 5.32 Å². The standard InChI is InChI=1S/C17H21N3O2S/c1-3-15(21)20-8-4-5-12(10-20)16(22)19-17-18-13-7-6-11(2)9-14(13)23-17/h6-7,9,12H,3-5,8,10H2,1-2H3,(H,18,19,22)/t12-/m1/s1. The van der Waals surface area contributed by atoms with E-state index in [-0.39, 0.29) is 17.7 Å². The van der Waals surface area contributed by atoms with Crippen molar-refractivity contribution in [1.29, 1.82) is 0 Å². The number of likely N-dealkylation sites (tertiary alicyclic amines) is 1. The van der Waals surface area contributed by atoms with Crippen molar-refractivity contribution in [2.24, 2.45) is 5.92 Å². The summed E-state index contributed by atoms with van der Waals surface area (Å²) in [7, 11) is 0. The molecule has 1 N–H and O–H groups in total. The first kappa shape index (κ1) is 15.9. The van der Waals surface area contributed by atoms with Crippen LogP contribution in [0.1, 0.15) is 31.7 Å². The van der Waals surface area contributed by atoms with Crippen LogP contribution >= 0.6 is 11.3 Å². The zero-order valence-corrected chi connectivity index (χ0v) is 14.3. The van der Waals surface area contributed by atoms with Gasteiger partial charge in [0, 0.05) is 19.5 Å². The topological polar surface area (TPSA) is 62.3 Å². The van der Waals surface area contributed by atoms with Crippen molar-refractivity contribution in [1.82, 2.24) is 9.88 Å². The Hall–Kier alpha value is -1.95. The first-order chi connectivity index (χ1) is 11.1. The maximum absolute atomic E-state index is 12.5. The van der Waals surface area contributed by atoms with Gasteiger partial charge in [-0.3, -0.25) is 9.59 Å². The van der Waals surface area contributed by atoms with E-state index in [1.165, 1.54) is 16.9 Å². The molecule has 1 aliphatic rings. The van der Waals surface area contributed by atoms with E-state index in [0.29, 0.717) is 18.1 Å². The lowest BCUT2D eigenvalue weighted by Crippen LogP contribution is -2.43. The van der Waals surface area contributed by atoms with Gasteiger partial charge in [0.25, 0.3) is 0 Å². The van der Waals surface area contributed by atoms with Gasteiger partial charge in [0.05, 0.1) is 16.1 Å². The number of piperidine rings is 1. The minimum atomic E-state index is -0.145. The molecular formula is C17H21N3O2S. The number of benzene rings is 1. The average Bonchev–Trinajstić information content (AvgIpc) is 2.95. The Labute approximate surface area is 139 Å². The lowest BCUT2D eigenvalue weighted by molar-refractivity contribution is -0.134. The molecule has 0 bridgehead atoms. The van der Waals surface area contributed by atoms with Crippen LogP contribution in [0.15, 0.2) is 18.2 Å². The SMILES string of the molecule is CCC(=O)N1CCC[C@@H](C(=O)Nc2nc3ccc(C)cc3s2)C1. The van der Waals surface area contributed by atoms with Crippen LogP contribution in [0.4, 0.5) is 5.13 Å². The largest absolute Gasteiger partial charge is 0.342 e. The second kappa shape index (κ2) is 6.66. The van der Waals surface area contributed by atoms with Crippen molar-refractivity contribution in [3.05, 3.63) is 23.8 Å². The third kappa shape index (κ3) is 3.52. The molecule has 6 heteroatoms. The van der Waals surface area contributed by atoms with Gasteiger partial charge in [-0.2, -0.15) is 0 Å². The molecule has 0 saturated carbocycles. The molecule has 0 spiro atoms. The van der Waals surface area contributed by atoms with E-state index in [1.54, 1.807) is 4.90 Å². The molecule has 2 amide bonds. The van der Waals surface area contributed by atoms with Crippen LogP contribution in [0.2, 0.25) is 0 Å². The predicted molar refractivity (Wildman–Crippen MR) is 92.6 cm³/mol. The number of rotatable bonds is 3. The molecule has 1 aliphatic heterocycles. The third-order valence-electron chi connectivity index (χ3n) is 4.22. The molecule has 1 aromatic heterocycles. The van der Waals surface area contributed by atoms with E-state index >= 15 is 0 Å². The third-order valence-corrected chi connectivity index (χ3v) is 5.16. The van der Waals surface area contributed by atoms with Crippen molar-refractivity contribution < 1.29 is 9.59 Å². The minimum Gasteiger partial charge on any atom is -0.342 e. The van der Waals surface area contributed by atoms with Crippen molar-refractivity contribution in [3.63, 3.8) is 0 Å². The van der Waals surface area contributed by atoms with E-state index in [4.69, 9.17) is 0 Å². The quantitative estimate of drug-likeness (QED) is 0.939. The van der Waals surface area contributed by atoms with Gasteiger partial charge in [-0.25, -0.2) is 4.98 Å². The number of carbonyl (C=O) groups excluding carboxylic acids is 2. The number of fused-ring (bicyclic) bond motifs is 1. The van der Waals surface area contributed by atoms with Crippen LogP contribution in [0.3, 0.4) is 0 Å².